The molecule has 5 aliphatic heterocycles. The molecule has 0 saturated carbocycles. The maximum absolute atomic E-state index is 13.9. The lowest BCUT2D eigenvalue weighted by Gasteiger charge is -2.31. The standard InChI is InChI=1S/C14H17ClN2.C13H15ClF3N.C13H15ClN2.C13H15F4N.C13H15FN2/c1-2-17-8-6-11(7-9-17)13-5-3-4-12(10-16)14(13)15;1-18-7-5-9(6-8-18)10-3-2-4-11(12(10)14)13(15,16)17;1-16-7-5-10(6-8-16)12-4-2-3-11(9-15)13(12)14;1-18-7-5-9(6-8-18)10-3-2-4-11(12(10)14)13(15,16)17;1-16-7-5-10(6-8-16)12-4-2-3-11(9-15)13(12)14/h3-5,11H,2,6-9H2,1H3;2-4,9H,5-8H2,1H3;2-4,10H,5-8H2,1H3;2-4,9H,5-8H2,1H3;2-4,10H,5-8H2,1H3. The zero-order chi connectivity index (χ0) is 62.0. The Morgan fingerprint density at radius 2 is 0.659 bits per heavy atom. The number of hydrogen-bond acceptors (Lipinski definition) is 8. The minimum Gasteiger partial charge on any atom is -0.306 e. The molecule has 5 heterocycles. The maximum atomic E-state index is 13.9. The highest BCUT2D eigenvalue weighted by molar-refractivity contribution is 6.33. The molecule has 0 aliphatic carbocycles. The van der Waals surface area contributed by atoms with E-state index in [9.17, 15) is 35.1 Å². The summed E-state index contributed by atoms with van der Waals surface area (Å²) in [5.74, 6) is -0.0984. The number of hydrogen-bond donors (Lipinski definition) is 0. The number of piperidine rings is 5. The molecule has 10 rings (SSSR count). The third kappa shape index (κ3) is 19.3. The van der Waals surface area contributed by atoms with Crippen molar-refractivity contribution in [2.75, 3.05) is 100 Å². The highest BCUT2D eigenvalue weighted by atomic mass is 35.5. The molecule has 0 aromatic heterocycles. The van der Waals surface area contributed by atoms with Crippen molar-refractivity contribution in [2.45, 2.75) is 113 Å². The lowest BCUT2D eigenvalue weighted by Crippen LogP contribution is -2.32. The van der Waals surface area contributed by atoms with Crippen LogP contribution >= 0.6 is 34.8 Å². The van der Waals surface area contributed by atoms with Crippen molar-refractivity contribution >= 4 is 34.8 Å². The lowest BCUT2D eigenvalue weighted by molar-refractivity contribution is -0.140. The highest BCUT2D eigenvalue weighted by Gasteiger charge is 2.37. The van der Waals surface area contributed by atoms with Crippen LogP contribution in [0.4, 0.5) is 35.1 Å². The molecule has 0 bridgehead atoms. The molecule has 19 heteroatoms. The smallest absolute Gasteiger partial charge is 0.306 e. The van der Waals surface area contributed by atoms with Crippen LogP contribution in [0.2, 0.25) is 15.1 Å². The summed E-state index contributed by atoms with van der Waals surface area (Å²) in [6, 6.07) is 30.6. The molecule has 5 aromatic rings. The van der Waals surface area contributed by atoms with Crippen molar-refractivity contribution in [3.8, 4) is 18.2 Å². The van der Waals surface area contributed by atoms with Gasteiger partial charge in [0.05, 0.1) is 42.9 Å². The molecule has 5 aliphatic rings. The van der Waals surface area contributed by atoms with Gasteiger partial charge in [0, 0.05) is 0 Å². The molecule has 5 aromatic carbocycles. The zero-order valence-electron chi connectivity index (χ0n) is 49.1. The first kappa shape index (κ1) is 68.8. The Morgan fingerprint density at radius 1 is 0.388 bits per heavy atom. The molecule has 0 amide bonds. The average molecular weight is 1240 g/mol. The third-order valence-corrected chi connectivity index (χ3v) is 18.5. The Bertz CT molecular complexity index is 2900. The third-order valence-electron chi connectivity index (χ3n) is 17.2. The number of alkyl halides is 6. The van der Waals surface area contributed by atoms with Crippen LogP contribution in [0.5, 0.6) is 0 Å². The SMILES string of the molecule is CCN1CCC(c2cccc(C#N)c2Cl)CC1.CN1CCC(c2cccc(C#N)c2Cl)CC1.CN1CCC(c2cccc(C#N)c2F)CC1.CN1CCC(c2cccc(C(F)(F)F)c2Cl)CC1.CN1CCC(c2cccc(C(F)(F)F)c2F)CC1. The van der Waals surface area contributed by atoms with Crippen LogP contribution in [-0.2, 0) is 12.4 Å². The number of nitriles is 3. The van der Waals surface area contributed by atoms with Crippen molar-refractivity contribution in [3.63, 3.8) is 0 Å². The molecule has 0 radical (unpaired) electrons. The van der Waals surface area contributed by atoms with E-state index >= 15 is 0 Å². The Labute approximate surface area is 512 Å². The Morgan fingerprint density at radius 3 is 0.988 bits per heavy atom. The summed E-state index contributed by atoms with van der Waals surface area (Å²) in [5, 5.41) is 27.9. The van der Waals surface area contributed by atoms with Crippen molar-refractivity contribution in [1.29, 1.82) is 15.8 Å². The second-order valence-electron chi connectivity index (χ2n) is 22.9. The van der Waals surface area contributed by atoms with Gasteiger partial charge in [0.15, 0.2) is 0 Å². The van der Waals surface area contributed by atoms with E-state index in [0.717, 1.165) is 147 Å². The molecule has 8 nitrogen and oxygen atoms in total. The van der Waals surface area contributed by atoms with E-state index in [4.69, 9.17) is 50.6 Å². The van der Waals surface area contributed by atoms with Gasteiger partial charge < -0.3 is 24.5 Å². The van der Waals surface area contributed by atoms with Crippen molar-refractivity contribution < 1.29 is 35.1 Å². The van der Waals surface area contributed by atoms with Crippen molar-refractivity contribution in [3.05, 3.63) is 173 Å². The first-order chi connectivity index (χ1) is 40.5. The number of nitrogens with zero attached hydrogens (tertiary/aromatic N) is 8. The normalized spacial score (nSPS) is 18.6. The molecule has 458 valence electrons. The van der Waals surface area contributed by atoms with Gasteiger partial charge in [-0.15, -0.1) is 0 Å². The van der Waals surface area contributed by atoms with E-state index in [0.29, 0.717) is 57.0 Å². The van der Waals surface area contributed by atoms with E-state index in [1.54, 1.807) is 24.3 Å². The largest absolute Gasteiger partial charge is 0.419 e. The first-order valence-electron chi connectivity index (χ1n) is 29.2. The van der Waals surface area contributed by atoms with Crippen molar-refractivity contribution in [1.82, 2.24) is 24.5 Å². The number of benzene rings is 5. The predicted molar refractivity (Wildman–Crippen MR) is 323 cm³/mol. The summed E-state index contributed by atoms with van der Waals surface area (Å²) >= 11 is 18.4. The van der Waals surface area contributed by atoms with Gasteiger partial charge in [-0.1, -0.05) is 102 Å². The van der Waals surface area contributed by atoms with Crippen LogP contribution in [0.25, 0.3) is 0 Å². The Kier molecular flexibility index (Phi) is 26.4. The average Bonchev–Trinajstić information content (AvgIpc) is 3.05. The Balaban J connectivity index is 0.000000170. The minimum atomic E-state index is -4.62. The van der Waals surface area contributed by atoms with Gasteiger partial charge in [0.25, 0.3) is 0 Å². The van der Waals surface area contributed by atoms with E-state index < -0.39 is 29.3 Å². The van der Waals surface area contributed by atoms with Gasteiger partial charge in [-0.05, 0) is 252 Å². The van der Waals surface area contributed by atoms with Crippen LogP contribution in [0.3, 0.4) is 0 Å². The van der Waals surface area contributed by atoms with Crippen LogP contribution in [0.15, 0.2) is 91.0 Å². The summed E-state index contributed by atoms with van der Waals surface area (Å²) in [4.78, 5) is 11.3. The molecule has 85 heavy (non-hydrogen) atoms. The summed E-state index contributed by atoms with van der Waals surface area (Å²) in [5.41, 5.74) is 3.34. The Hall–Kier alpha value is -5.32. The molecule has 0 unspecified atom stereocenters. The van der Waals surface area contributed by atoms with E-state index in [2.05, 4.69) is 69.8 Å². The van der Waals surface area contributed by atoms with Crippen LogP contribution in [0, 0.1) is 45.6 Å². The molecular weight excluding hydrogens is 1160 g/mol. The first-order valence-corrected chi connectivity index (χ1v) is 30.4. The van der Waals surface area contributed by atoms with Gasteiger partial charge in [-0.3, -0.25) is 0 Å². The van der Waals surface area contributed by atoms with Crippen LogP contribution < -0.4 is 0 Å². The molecule has 0 atom stereocenters. The predicted octanol–water partition coefficient (Wildman–Crippen LogP) is 16.8. The molecular formula is C66H77Cl3F8N8. The molecule has 0 spiro atoms. The van der Waals surface area contributed by atoms with Gasteiger partial charge in [-0.2, -0.15) is 42.1 Å². The summed E-state index contributed by atoms with van der Waals surface area (Å²) in [7, 11) is 8.20. The number of likely N-dealkylation sites (tertiary alicyclic amines) is 5. The monoisotopic (exact) mass is 1240 g/mol. The highest BCUT2D eigenvalue weighted by Crippen LogP contribution is 2.42. The maximum Gasteiger partial charge on any atom is 0.419 e. The fourth-order valence-electron chi connectivity index (χ4n) is 11.9. The van der Waals surface area contributed by atoms with Gasteiger partial charge in [0.2, 0.25) is 0 Å². The van der Waals surface area contributed by atoms with E-state index in [1.165, 1.54) is 24.3 Å². The second-order valence-corrected chi connectivity index (χ2v) is 24.0. The summed E-state index contributed by atoms with van der Waals surface area (Å²) < 4.78 is 104. The molecule has 5 fully saturated rings. The molecule has 5 saturated heterocycles. The fraction of sp³-hybridized carbons (Fsp3) is 0.500. The quantitative estimate of drug-likeness (QED) is 0.155. The minimum absolute atomic E-state index is 0.108. The van der Waals surface area contributed by atoms with Crippen LogP contribution in [-0.4, -0.2) is 125 Å². The topological polar surface area (TPSA) is 87.6 Å². The number of rotatable bonds is 6. The fourth-order valence-corrected chi connectivity index (χ4v) is 12.9. The van der Waals surface area contributed by atoms with E-state index in [1.807, 2.05) is 38.4 Å². The van der Waals surface area contributed by atoms with E-state index in [-0.39, 0.29) is 39.7 Å². The number of halogens is 11. The lowest BCUT2D eigenvalue weighted by atomic mass is 9.88. The van der Waals surface area contributed by atoms with Gasteiger partial charge in [0.1, 0.15) is 29.8 Å². The molecule has 0 N–H and O–H groups in total. The second kappa shape index (κ2) is 32.6. The summed E-state index contributed by atoms with van der Waals surface area (Å²) in [6.45, 7) is 13.2. The van der Waals surface area contributed by atoms with Gasteiger partial charge in [-0.25, -0.2) is 8.78 Å². The van der Waals surface area contributed by atoms with Crippen LogP contribution in [0.1, 0.15) is 156 Å². The summed E-state index contributed by atoms with van der Waals surface area (Å²) in [6.07, 6.45) is 0.619. The zero-order valence-corrected chi connectivity index (χ0v) is 51.4. The van der Waals surface area contributed by atoms with Gasteiger partial charge >= 0.3 is 12.4 Å². The van der Waals surface area contributed by atoms with Crippen molar-refractivity contribution in [2.24, 2.45) is 0 Å².